The van der Waals surface area contributed by atoms with Crippen molar-refractivity contribution < 1.29 is 0 Å². The van der Waals surface area contributed by atoms with Crippen LogP contribution in [0.4, 0.5) is 0 Å². The van der Waals surface area contributed by atoms with Gasteiger partial charge in [0.1, 0.15) is 0 Å². The zero-order valence-electron chi connectivity index (χ0n) is 8.50. The van der Waals surface area contributed by atoms with Crippen LogP contribution in [0.3, 0.4) is 0 Å². The molecule has 1 aromatic rings. The van der Waals surface area contributed by atoms with Gasteiger partial charge in [0.15, 0.2) is 0 Å². The fourth-order valence-electron chi connectivity index (χ4n) is 1.46. The normalized spacial score (nSPS) is 12.5. The molecule has 1 unspecified atom stereocenters. The summed E-state index contributed by atoms with van der Waals surface area (Å²) in [6, 6.07) is 10.4. The van der Waals surface area contributed by atoms with E-state index in [1.165, 1.54) is 0 Å². The quantitative estimate of drug-likeness (QED) is 0.794. The van der Waals surface area contributed by atoms with Crippen molar-refractivity contribution in [2.24, 2.45) is 5.92 Å². The SMILES string of the molecule is CC(C)CC(C#N)c1cccc(Br)c1. The second-order valence-corrected chi connectivity index (χ2v) is 4.78. The molecule has 0 saturated heterocycles. The largest absolute Gasteiger partial charge is 0.198 e. The number of hydrogen-bond acceptors (Lipinski definition) is 1. The van der Waals surface area contributed by atoms with Crippen molar-refractivity contribution in [3.8, 4) is 6.07 Å². The third-order valence-electron chi connectivity index (χ3n) is 2.11. The van der Waals surface area contributed by atoms with Crippen LogP contribution in [0, 0.1) is 17.2 Å². The molecule has 0 N–H and O–H groups in total. The predicted octanol–water partition coefficient (Wildman–Crippen LogP) is 4.10. The Kier molecular flexibility index (Phi) is 4.16. The molecule has 0 heterocycles. The molecule has 1 aromatic carbocycles. The van der Waals surface area contributed by atoms with Crippen LogP contribution in [-0.4, -0.2) is 0 Å². The van der Waals surface area contributed by atoms with Gasteiger partial charge in [-0.2, -0.15) is 5.26 Å². The Bertz CT molecular complexity index is 338. The Labute approximate surface area is 93.9 Å². The molecule has 74 valence electrons. The molecule has 0 aromatic heterocycles. The Morgan fingerprint density at radius 1 is 1.43 bits per heavy atom. The molecule has 0 amide bonds. The lowest BCUT2D eigenvalue weighted by Gasteiger charge is -2.11. The maximum atomic E-state index is 9.05. The summed E-state index contributed by atoms with van der Waals surface area (Å²) in [6.45, 7) is 4.28. The molecule has 1 nitrogen and oxygen atoms in total. The van der Waals surface area contributed by atoms with Crippen molar-refractivity contribution >= 4 is 15.9 Å². The summed E-state index contributed by atoms with van der Waals surface area (Å²) in [7, 11) is 0. The van der Waals surface area contributed by atoms with Gasteiger partial charge < -0.3 is 0 Å². The molecule has 0 bridgehead atoms. The first kappa shape index (κ1) is 11.3. The molecular weight excluding hydrogens is 238 g/mol. The van der Waals surface area contributed by atoms with Crippen molar-refractivity contribution in [3.05, 3.63) is 34.3 Å². The average molecular weight is 252 g/mol. The van der Waals surface area contributed by atoms with Crippen molar-refractivity contribution in [1.29, 1.82) is 5.26 Å². The van der Waals surface area contributed by atoms with Gasteiger partial charge in [0.2, 0.25) is 0 Å². The van der Waals surface area contributed by atoms with Crippen molar-refractivity contribution in [2.45, 2.75) is 26.2 Å². The van der Waals surface area contributed by atoms with E-state index in [9.17, 15) is 0 Å². The molecule has 0 aliphatic rings. The van der Waals surface area contributed by atoms with Crippen LogP contribution >= 0.6 is 15.9 Å². The molecule has 1 rings (SSSR count). The van der Waals surface area contributed by atoms with E-state index < -0.39 is 0 Å². The third kappa shape index (κ3) is 3.16. The van der Waals surface area contributed by atoms with E-state index in [4.69, 9.17) is 5.26 Å². The number of nitriles is 1. The zero-order valence-corrected chi connectivity index (χ0v) is 10.1. The van der Waals surface area contributed by atoms with E-state index in [0.29, 0.717) is 5.92 Å². The number of hydrogen-bond donors (Lipinski definition) is 0. The van der Waals surface area contributed by atoms with E-state index >= 15 is 0 Å². The Morgan fingerprint density at radius 3 is 2.64 bits per heavy atom. The topological polar surface area (TPSA) is 23.8 Å². The minimum absolute atomic E-state index is 0.0208. The third-order valence-corrected chi connectivity index (χ3v) is 2.61. The van der Waals surface area contributed by atoms with E-state index in [1.54, 1.807) is 0 Å². The van der Waals surface area contributed by atoms with Crippen molar-refractivity contribution in [1.82, 2.24) is 0 Å². The number of nitrogens with zero attached hydrogens (tertiary/aromatic N) is 1. The molecule has 0 saturated carbocycles. The van der Waals surface area contributed by atoms with Crippen LogP contribution < -0.4 is 0 Å². The second kappa shape index (κ2) is 5.17. The van der Waals surface area contributed by atoms with Crippen LogP contribution in [0.2, 0.25) is 0 Å². The lowest BCUT2D eigenvalue weighted by Crippen LogP contribution is -2.00. The highest BCUT2D eigenvalue weighted by atomic mass is 79.9. The van der Waals surface area contributed by atoms with Gasteiger partial charge in [-0.15, -0.1) is 0 Å². The molecule has 0 aliphatic heterocycles. The number of benzene rings is 1. The molecule has 0 spiro atoms. The Balaban J connectivity index is 2.85. The summed E-state index contributed by atoms with van der Waals surface area (Å²) in [5.41, 5.74) is 1.11. The highest BCUT2D eigenvalue weighted by Crippen LogP contribution is 2.25. The first-order valence-electron chi connectivity index (χ1n) is 4.78. The molecule has 1 atom stereocenters. The van der Waals surface area contributed by atoms with Gasteiger partial charge in [0, 0.05) is 4.47 Å². The fourth-order valence-corrected chi connectivity index (χ4v) is 1.88. The lowest BCUT2D eigenvalue weighted by atomic mass is 9.92. The summed E-state index contributed by atoms with van der Waals surface area (Å²) in [5, 5.41) is 9.05. The first-order chi connectivity index (χ1) is 6.63. The van der Waals surface area contributed by atoms with E-state index in [2.05, 4.69) is 35.8 Å². The lowest BCUT2D eigenvalue weighted by molar-refractivity contribution is 0.555. The first-order valence-corrected chi connectivity index (χ1v) is 5.58. The molecule has 2 heteroatoms. The van der Waals surface area contributed by atoms with Crippen molar-refractivity contribution in [2.75, 3.05) is 0 Å². The smallest absolute Gasteiger partial charge is 0.0715 e. The molecular formula is C12H14BrN. The highest BCUT2D eigenvalue weighted by molar-refractivity contribution is 9.10. The van der Waals surface area contributed by atoms with Gasteiger partial charge in [-0.3, -0.25) is 0 Å². The van der Waals surface area contributed by atoms with Gasteiger partial charge >= 0.3 is 0 Å². The minimum atomic E-state index is 0.0208. The van der Waals surface area contributed by atoms with E-state index in [1.807, 2.05) is 24.3 Å². The van der Waals surface area contributed by atoms with Crippen LogP contribution in [0.15, 0.2) is 28.7 Å². The highest BCUT2D eigenvalue weighted by Gasteiger charge is 2.12. The summed E-state index contributed by atoms with van der Waals surface area (Å²) >= 11 is 3.42. The zero-order chi connectivity index (χ0) is 10.6. The fraction of sp³-hybridized carbons (Fsp3) is 0.417. The molecule has 0 fully saturated rings. The maximum absolute atomic E-state index is 9.05. The van der Waals surface area contributed by atoms with Crippen molar-refractivity contribution in [3.63, 3.8) is 0 Å². The second-order valence-electron chi connectivity index (χ2n) is 3.87. The predicted molar refractivity (Wildman–Crippen MR) is 62.0 cm³/mol. The van der Waals surface area contributed by atoms with Crippen LogP contribution in [0.25, 0.3) is 0 Å². The van der Waals surface area contributed by atoms with Gasteiger partial charge in [-0.1, -0.05) is 41.9 Å². The van der Waals surface area contributed by atoms with E-state index in [-0.39, 0.29) is 5.92 Å². The van der Waals surface area contributed by atoms with Gasteiger partial charge in [-0.05, 0) is 30.0 Å². The van der Waals surface area contributed by atoms with E-state index in [0.717, 1.165) is 16.5 Å². The number of rotatable bonds is 3. The summed E-state index contributed by atoms with van der Waals surface area (Å²) in [6.07, 6.45) is 0.924. The summed E-state index contributed by atoms with van der Waals surface area (Å²) in [5.74, 6) is 0.575. The molecule has 14 heavy (non-hydrogen) atoms. The summed E-state index contributed by atoms with van der Waals surface area (Å²) in [4.78, 5) is 0. The van der Waals surface area contributed by atoms with Crippen LogP contribution in [0.5, 0.6) is 0 Å². The number of halogens is 1. The Hall–Kier alpha value is -0.810. The maximum Gasteiger partial charge on any atom is 0.0715 e. The van der Waals surface area contributed by atoms with Gasteiger partial charge in [-0.25, -0.2) is 0 Å². The van der Waals surface area contributed by atoms with Crippen LogP contribution in [-0.2, 0) is 0 Å². The Morgan fingerprint density at radius 2 is 2.14 bits per heavy atom. The minimum Gasteiger partial charge on any atom is -0.198 e. The van der Waals surface area contributed by atoms with Gasteiger partial charge in [0.25, 0.3) is 0 Å². The van der Waals surface area contributed by atoms with Crippen LogP contribution in [0.1, 0.15) is 31.7 Å². The summed E-state index contributed by atoms with van der Waals surface area (Å²) < 4.78 is 1.04. The molecule has 0 aliphatic carbocycles. The van der Waals surface area contributed by atoms with Gasteiger partial charge in [0.05, 0.1) is 12.0 Å². The average Bonchev–Trinajstić information content (AvgIpc) is 2.14. The monoisotopic (exact) mass is 251 g/mol. The molecule has 0 radical (unpaired) electrons. The standard InChI is InChI=1S/C12H14BrN/c1-9(2)6-11(8-14)10-4-3-5-12(13)7-10/h3-5,7,9,11H,6H2,1-2H3.